The molecule has 7 nitrogen and oxygen atoms in total. The van der Waals surface area contributed by atoms with Crippen LogP contribution in [0.5, 0.6) is 0 Å². The predicted molar refractivity (Wildman–Crippen MR) is 130 cm³/mol. The molecule has 0 bridgehead atoms. The first kappa shape index (κ1) is 21.8. The lowest BCUT2D eigenvalue weighted by Gasteiger charge is -2.07. The maximum absolute atomic E-state index is 13.3. The monoisotopic (exact) mass is 471 g/mol. The number of aromatic nitrogens is 3. The first-order valence-corrected chi connectivity index (χ1v) is 12.1. The summed E-state index contributed by atoms with van der Waals surface area (Å²) in [4.78, 5) is 25.4. The van der Waals surface area contributed by atoms with Gasteiger partial charge in [0.2, 0.25) is 9.84 Å². The van der Waals surface area contributed by atoms with Crippen molar-refractivity contribution in [2.45, 2.75) is 23.3 Å². The summed E-state index contributed by atoms with van der Waals surface area (Å²) in [5.74, 6) is -0.0486. The molecule has 0 aliphatic carbocycles. The van der Waals surface area contributed by atoms with Crippen molar-refractivity contribution in [3.05, 3.63) is 100 Å². The van der Waals surface area contributed by atoms with Crippen molar-refractivity contribution in [2.24, 2.45) is 7.05 Å². The minimum absolute atomic E-state index is 0.0486. The minimum Gasteiger partial charge on any atom is -0.339 e. The summed E-state index contributed by atoms with van der Waals surface area (Å²) < 4.78 is 29.3. The topological polar surface area (TPSA) is 91.0 Å². The highest BCUT2D eigenvalue weighted by Gasteiger charge is 2.21. The van der Waals surface area contributed by atoms with Crippen LogP contribution in [0, 0.1) is 0 Å². The van der Waals surface area contributed by atoms with E-state index in [1.807, 2.05) is 6.07 Å². The molecule has 8 heteroatoms. The number of nitrogens with zero attached hydrogens (tertiary/aromatic N) is 3. The molecule has 0 aliphatic heterocycles. The molecule has 0 N–H and O–H groups in total. The van der Waals surface area contributed by atoms with Gasteiger partial charge in [-0.3, -0.25) is 9.59 Å². The van der Waals surface area contributed by atoms with E-state index in [0.29, 0.717) is 21.9 Å². The van der Waals surface area contributed by atoms with Crippen LogP contribution in [0.1, 0.15) is 22.8 Å². The first-order chi connectivity index (χ1) is 16.3. The zero-order chi connectivity index (χ0) is 24.0. The summed E-state index contributed by atoms with van der Waals surface area (Å²) >= 11 is 0. The van der Waals surface area contributed by atoms with Crippen LogP contribution in [0.25, 0.3) is 21.8 Å². The van der Waals surface area contributed by atoms with Gasteiger partial charge in [-0.15, -0.1) is 0 Å². The van der Waals surface area contributed by atoms with Crippen LogP contribution in [0.4, 0.5) is 0 Å². The normalized spacial score (nSPS) is 11.8. The molecule has 0 spiro atoms. The van der Waals surface area contributed by atoms with Crippen LogP contribution in [0.3, 0.4) is 0 Å². The van der Waals surface area contributed by atoms with Crippen LogP contribution in [0.2, 0.25) is 0 Å². The van der Waals surface area contributed by atoms with Gasteiger partial charge in [-0.25, -0.2) is 13.1 Å². The van der Waals surface area contributed by atoms with Gasteiger partial charge in [0.15, 0.2) is 5.78 Å². The summed E-state index contributed by atoms with van der Waals surface area (Å²) in [7, 11) is -1.92. The fraction of sp³-hybridized carbons (Fsp3) is 0.115. The molecular weight excluding hydrogens is 450 g/mol. The van der Waals surface area contributed by atoms with Crippen LogP contribution in [-0.4, -0.2) is 28.5 Å². The average molecular weight is 472 g/mol. The van der Waals surface area contributed by atoms with E-state index in [0.717, 1.165) is 11.1 Å². The van der Waals surface area contributed by atoms with E-state index < -0.39 is 9.84 Å². The fourth-order valence-corrected chi connectivity index (χ4v) is 5.53. The third-order valence-electron chi connectivity index (χ3n) is 6.00. The van der Waals surface area contributed by atoms with Gasteiger partial charge in [0.25, 0.3) is 5.56 Å². The molecule has 5 aromatic rings. The first-order valence-electron chi connectivity index (χ1n) is 10.7. The van der Waals surface area contributed by atoms with Gasteiger partial charge in [-0.2, -0.15) is 5.10 Å². The molecule has 0 saturated carbocycles. The van der Waals surface area contributed by atoms with Crippen molar-refractivity contribution in [3.63, 3.8) is 0 Å². The molecule has 3 aromatic carbocycles. The zero-order valence-electron chi connectivity index (χ0n) is 18.6. The number of hydrogen-bond donors (Lipinski definition) is 0. The quantitative estimate of drug-likeness (QED) is 0.362. The van der Waals surface area contributed by atoms with Crippen LogP contribution in [-0.2, 0) is 23.4 Å². The summed E-state index contributed by atoms with van der Waals surface area (Å²) in [5, 5.41) is 5.57. The van der Waals surface area contributed by atoms with Crippen molar-refractivity contribution in [1.29, 1.82) is 0 Å². The van der Waals surface area contributed by atoms with Crippen molar-refractivity contribution in [1.82, 2.24) is 14.3 Å². The summed E-state index contributed by atoms with van der Waals surface area (Å²) in [6.07, 6.45) is 1.59. The van der Waals surface area contributed by atoms with Crippen molar-refractivity contribution >= 4 is 37.4 Å². The molecule has 0 amide bonds. The standard InChI is InChI=1S/C26H21N3O4S/c1-17(30)19-8-6-7-18(13-19)16-29-26(31)25-23(15-27-29)22-14-21(11-12-24(22)28(25)2)34(32,33)20-9-4-3-5-10-20/h3-15H,16H2,1-2H3. The smallest absolute Gasteiger partial charge is 0.291 e. The molecular formula is C26H21N3O4S. The van der Waals surface area contributed by atoms with Crippen molar-refractivity contribution < 1.29 is 13.2 Å². The van der Waals surface area contributed by atoms with Gasteiger partial charge in [-0.1, -0.05) is 36.4 Å². The zero-order valence-corrected chi connectivity index (χ0v) is 19.4. The Kier molecular flexibility index (Phi) is 5.17. The van der Waals surface area contributed by atoms with E-state index in [1.165, 1.54) is 11.6 Å². The number of aryl methyl sites for hydroxylation is 1. The van der Waals surface area contributed by atoms with Crippen LogP contribution in [0.15, 0.2) is 93.6 Å². The second kappa shape index (κ2) is 8.07. The minimum atomic E-state index is -3.70. The fourth-order valence-electron chi connectivity index (χ4n) is 4.22. The average Bonchev–Trinajstić information content (AvgIpc) is 3.13. The highest BCUT2D eigenvalue weighted by atomic mass is 32.2. The summed E-state index contributed by atoms with van der Waals surface area (Å²) in [6, 6.07) is 20.2. The highest BCUT2D eigenvalue weighted by molar-refractivity contribution is 7.91. The number of hydrogen-bond acceptors (Lipinski definition) is 5. The maximum Gasteiger partial charge on any atom is 0.291 e. The summed E-state index contributed by atoms with van der Waals surface area (Å²) in [6.45, 7) is 1.71. The Labute approximate surface area is 195 Å². The molecule has 34 heavy (non-hydrogen) atoms. The number of carbonyl (C=O) groups is 1. The van der Waals surface area contributed by atoms with Crippen LogP contribution < -0.4 is 5.56 Å². The molecule has 0 aliphatic rings. The Hall–Kier alpha value is -4.04. The van der Waals surface area contributed by atoms with Crippen LogP contribution >= 0.6 is 0 Å². The number of sulfone groups is 1. The molecule has 2 aromatic heterocycles. The Balaban J connectivity index is 1.64. The lowest BCUT2D eigenvalue weighted by molar-refractivity contribution is 0.101. The molecule has 0 atom stereocenters. The number of fused-ring (bicyclic) bond motifs is 3. The van der Waals surface area contributed by atoms with E-state index in [4.69, 9.17) is 0 Å². The lowest BCUT2D eigenvalue weighted by Crippen LogP contribution is -2.24. The molecule has 0 unspecified atom stereocenters. The van der Waals surface area contributed by atoms with Gasteiger partial charge in [-0.05, 0) is 48.9 Å². The Morgan fingerprint density at radius 3 is 2.41 bits per heavy atom. The third-order valence-corrected chi connectivity index (χ3v) is 7.77. The Morgan fingerprint density at radius 1 is 0.912 bits per heavy atom. The number of benzene rings is 3. The molecule has 2 heterocycles. The Bertz CT molecular complexity index is 1750. The Morgan fingerprint density at radius 2 is 1.68 bits per heavy atom. The number of carbonyl (C=O) groups excluding carboxylic acids is 1. The largest absolute Gasteiger partial charge is 0.339 e. The van der Waals surface area contributed by atoms with Gasteiger partial charge in [0.05, 0.1) is 22.5 Å². The van der Waals surface area contributed by atoms with Gasteiger partial charge < -0.3 is 4.57 Å². The van der Waals surface area contributed by atoms with Crippen molar-refractivity contribution in [3.8, 4) is 0 Å². The molecule has 170 valence electrons. The van der Waals surface area contributed by atoms with Gasteiger partial charge in [0, 0.05) is 28.9 Å². The van der Waals surface area contributed by atoms with Crippen molar-refractivity contribution in [2.75, 3.05) is 0 Å². The van der Waals surface area contributed by atoms with E-state index in [2.05, 4.69) is 5.10 Å². The molecule has 0 fully saturated rings. The molecule has 5 rings (SSSR count). The number of ketones is 1. The third kappa shape index (κ3) is 3.52. The number of rotatable bonds is 5. The predicted octanol–water partition coefficient (Wildman–Crippen LogP) is 3.97. The highest BCUT2D eigenvalue weighted by Crippen LogP contribution is 2.30. The van der Waals surface area contributed by atoms with Gasteiger partial charge >= 0.3 is 0 Å². The van der Waals surface area contributed by atoms with E-state index in [-0.39, 0.29) is 27.7 Å². The SMILES string of the molecule is CC(=O)c1cccc(Cn2ncc3c4cc(S(=O)(=O)c5ccccc5)ccc4n(C)c3c2=O)c1. The van der Waals surface area contributed by atoms with Gasteiger partial charge in [0.1, 0.15) is 5.52 Å². The summed E-state index contributed by atoms with van der Waals surface area (Å²) in [5.41, 5.74) is 2.23. The van der Waals surface area contributed by atoms with E-state index in [9.17, 15) is 18.0 Å². The second-order valence-corrected chi connectivity index (χ2v) is 10.1. The maximum atomic E-state index is 13.3. The number of Topliss-reactive ketones (excluding diaryl/α,β-unsaturated/α-hetero) is 1. The molecule has 0 saturated heterocycles. The second-order valence-electron chi connectivity index (χ2n) is 8.18. The molecule has 0 radical (unpaired) electrons. The lowest BCUT2D eigenvalue weighted by atomic mass is 10.1. The van der Waals surface area contributed by atoms with E-state index >= 15 is 0 Å². The van der Waals surface area contributed by atoms with E-state index in [1.54, 1.807) is 84.5 Å².